The summed E-state index contributed by atoms with van der Waals surface area (Å²) in [6.07, 6.45) is 2.49. The van der Waals surface area contributed by atoms with E-state index in [1.807, 2.05) is 31.2 Å². The average molecular weight is 608 g/mol. The summed E-state index contributed by atoms with van der Waals surface area (Å²) in [6.45, 7) is 8.74. The third-order valence-electron chi connectivity index (χ3n) is 7.51. The Morgan fingerprint density at radius 3 is 2.75 bits per heavy atom. The van der Waals surface area contributed by atoms with Crippen LogP contribution in [0.15, 0.2) is 47.2 Å². The zero-order valence-corrected chi connectivity index (χ0v) is 23.8. The molecule has 11 nitrogen and oxygen atoms in total. The number of rotatable bonds is 7. The topological polar surface area (TPSA) is 131 Å². The maximum Gasteiger partial charge on any atom is 0.276 e. The molecule has 0 spiro atoms. The molecule has 2 saturated heterocycles. The van der Waals surface area contributed by atoms with Gasteiger partial charge in [-0.1, -0.05) is 22.0 Å². The van der Waals surface area contributed by atoms with E-state index in [0.717, 1.165) is 79.1 Å². The van der Waals surface area contributed by atoms with Crippen molar-refractivity contribution in [3.8, 4) is 0 Å². The zero-order chi connectivity index (χ0) is 27.6. The van der Waals surface area contributed by atoms with Gasteiger partial charge in [0.05, 0.1) is 24.0 Å². The fraction of sp³-hybridized carbons (Fsp3) is 0.357. The molecule has 2 fully saturated rings. The van der Waals surface area contributed by atoms with Crippen LogP contribution in [0.4, 0.5) is 17.3 Å². The molecule has 2 aliphatic heterocycles. The lowest BCUT2D eigenvalue weighted by atomic mass is 10.1. The van der Waals surface area contributed by atoms with E-state index in [4.69, 9.17) is 4.74 Å². The number of aromatic amines is 2. The highest BCUT2D eigenvalue weighted by Gasteiger charge is 2.24. The minimum absolute atomic E-state index is 0.00475. The first-order chi connectivity index (χ1) is 19.4. The largest absolute Gasteiger partial charge is 0.381 e. The van der Waals surface area contributed by atoms with E-state index in [1.54, 1.807) is 6.07 Å². The zero-order valence-electron chi connectivity index (χ0n) is 22.2. The number of piperazine rings is 1. The van der Waals surface area contributed by atoms with Crippen LogP contribution in [0.1, 0.15) is 33.0 Å². The smallest absolute Gasteiger partial charge is 0.276 e. The van der Waals surface area contributed by atoms with Gasteiger partial charge < -0.3 is 24.9 Å². The maximum absolute atomic E-state index is 13.1. The Bertz CT molecular complexity index is 1540. The predicted molar refractivity (Wildman–Crippen MR) is 157 cm³/mol. The molecular formula is C28H31BrN8O3. The minimum Gasteiger partial charge on any atom is -0.381 e. The second-order valence-corrected chi connectivity index (χ2v) is 11.2. The number of nitrogens with one attached hydrogen (secondary N) is 4. The van der Waals surface area contributed by atoms with Crippen molar-refractivity contribution in [1.82, 2.24) is 24.8 Å². The van der Waals surface area contributed by atoms with Gasteiger partial charge in [-0.05, 0) is 55.2 Å². The Kier molecular flexibility index (Phi) is 7.55. The van der Waals surface area contributed by atoms with Crippen molar-refractivity contribution in [3.63, 3.8) is 0 Å². The molecule has 1 atom stereocenters. The van der Waals surface area contributed by atoms with Crippen LogP contribution >= 0.6 is 15.9 Å². The molecule has 2 aromatic heterocycles. The number of fused-ring (bicyclic) bond motifs is 1. The number of aromatic nitrogens is 4. The number of carbonyl (C=O) groups is 2. The monoisotopic (exact) mass is 606 g/mol. The van der Waals surface area contributed by atoms with Gasteiger partial charge in [0.25, 0.3) is 11.8 Å². The molecule has 0 radical (unpaired) electrons. The molecule has 4 aromatic rings. The summed E-state index contributed by atoms with van der Waals surface area (Å²) in [5, 5.41) is 5.58. The van der Waals surface area contributed by atoms with Crippen LogP contribution in [0.2, 0.25) is 0 Å². The number of carbonyl (C=O) groups excluding carboxylic acids is 2. The number of halogens is 1. The first-order valence-electron chi connectivity index (χ1n) is 13.4. The highest BCUT2D eigenvalue weighted by Crippen LogP contribution is 2.25. The molecule has 208 valence electrons. The van der Waals surface area contributed by atoms with E-state index < -0.39 is 11.8 Å². The molecule has 40 heavy (non-hydrogen) atoms. The Balaban J connectivity index is 1.10. The van der Waals surface area contributed by atoms with E-state index in [1.165, 1.54) is 6.33 Å². The lowest BCUT2D eigenvalue weighted by molar-refractivity contribution is 0.0985. The Morgan fingerprint density at radius 1 is 1.10 bits per heavy atom. The predicted octanol–water partition coefficient (Wildman–Crippen LogP) is 4.02. The van der Waals surface area contributed by atoms with Gasteiger partial charge in [0, 0.05) is 55.2 Å². The van der Waals surface area contributed by atoms with Crippen LogP contribution in [0.3, 0.4) is 0 Å². The van der Waals surface area contributed by atoms with Crippen LogP contribution in [-0.2, 0) is 4.74 Å². The molecule has 1 unspecified atom stereocenters. The van der Waals surface area contributed by atoms with Crippen LogP contribution in [0.25, 0.3) is 11.0 Å². The number of H-pyrrole nitrogens is 2. The quantitative estimate of drug-likeness (QED) is 0.250. The second-order valence-electron chi connectivity index (χ2n) is 10.3. The highest BCUT2D eigenvalue weighted by atomic mass is 79.9. The summed E-state index contributed by atoms with van der Waals surface area (Å²) in [5.41, 5.74) is 4.24. The third-order valence-corrected chi connectivity index (χ3v) is 8.00. The summed E-state index contributed by atoms with van der Waals surface area (Å²) in [5.74, 6) is -0.0527. The van der Waals surface area contributed by atoms with E-state index in [9.17, 15) is 9.59 Å². The number of aryl methyl sites for hydroxylation is 1. The molecule has 4 heterocycles. The third kappa shape index (κ3) is 5.74. The molecule has 12 heteroatoms. The molecule has 4 N–H and O–H groups in total. The molecule has 0 bridgehead atoms. The van der Waals surface area contributed by atoms with Crippen LogP contribution < -0.4 is 15.5 Å². The summed E-state index contributed by atoms with van der Waals surface area (Å²) < 4.78 is 6.36. The SMILES string of the molecule is Cc1ccc(Br)cc1NC(=O)c1nc[nH]c1C(=O)Nc1nc2cc(N3CCN(CC4CCOC4)CC3)ccc2[nH]1. The number of hydrogen-bond acceptors (Lipinski definition) is 7. The summed E-state index contributed by atoms with van der Waals surface area (Å²) in [7, 11) is 0. The lowest BCUT2D eigenvalue weighted by Gasteiger charge is -2.37. The molecule has 0 aliphatic carbocycles. The molecule has 2 aromatic carbocycles. The van der Waals surface area contributed by atoms with Gasteiger partial charge in [-0.25, -0.2) is 9.97 Å². The van der Waals surface area contributed by atoms with Gasteiger partial charge in [-0.15, -0.1) is 0 Å². The molecular weight excluding hydrogens is 576 g/mol. The van der Waals surface area contributed by atoms with Gasteiger partial charge in [-0.3, -0.25) is 19.8 Å². The normalized spacial score (nSPS) is 17.9. The van der Waals surface area contributed by atoms with E-state index in [-0.39, 0.29) is 11.4 Å². The van der Waals surface area contributed by atoms with Crippen molar-refractivity contribution in [1.29, 1.82) is 0 Å². The molecule has 2 amide bonds. The fourth-order valence-electron chi connectivity index (χ4n) is 5.25. The van der Waals surface area contributed by atoms with Crippen molar-refractivity contribution >= 4 is 56.1 Å². The van der Waals surface area contributed by atoms with Gasteiger partial charge >= 0.3 is 0 Å². The Morgan fingerprint density at radius 2 is 1.95 bits per heavy atom. The van der Waals surface area contributed by atoms with Crippen LogP contribution in [0.5, 0.6) is 0 Å². The van der Waals surface area contributed by atoms with Gasteiger partial charge in [0.2, 0.25) is 5.95 Å². The fourth-order valence-corrected chi connectivity index (χ4v) is 5.61. The lowest BCUT2D eigenvalue weighted by Crippen LogP contribution is -2.47. The van der Waals surface area contributed by atoms with E-state index in [0.29, 0.717) is 17.6 Å². The van der Waals surface area contributed by atoms with Gasteiger partial charge in [0.15, 0.2) is 5.69 Å². The number of benzene rings is 2. The Labute approximate surface area is 239 Å². The van der Waals surface area contributed by atoms with Gasteiger partial charge in [-0.2, -0.15) is 0 Å². The maximum atomic E-state index is 13.1. The number of ether oxygens (including phenoxy) is 1. The standard InChI is InChI=1S/C28H31BrN8O3/c1-17-2-3-19(29)12-22(17)32-26(38)24-25(31-16-30-24)27(39)35-28-33-21-5-4-20(13-23(21)34-28)37-9-7-36(8-10-37)14-18-6-11-40-15-18/h2-5,12-13,16,18H,6-11,14-15H2,1H3,(H,30,31)(H,32,38)(H2,33,34,35,39). The van der Waals surface area contributed by atoms with Crippen molar-refractivity contribution in [2.24, 2.45) is 5.92 Å². The molecule has 0 saturated carbocycles. The number of imidazole rings is 2. The Hall–Kier alpha value is -3.74. The van der Waals surface area contributed by atoms with Crippen LogP contribution in [0, 0.1) is 12.8 Å². The van der Waals surface area contributed by atoms with Crippen molar-refractivity contribution < 1.29 is 14.3 Å². The summed E-state index contributed by atoms with van der Waals surface area (Å²) in [4.78, 5) is 45.5. The molecule has 6 rings (SSSR count). The van der Waals surface area contributed by atoms with Crippen molar-refractivity contribution in [2.45, 2.75) is 13.3 Å². The first-order valence-corrected chi connectivity index (χ1v) is 14.2. The highest BCUT2D eigenvalue weighted by molar-refractivity contribution is 9.10. The number of nitrogens with zero attached hydrogens (tertiary/aromatic N) is 4. The molecule has 2 aliphatic rings. The second kappa shape index (κ2) is 11.4. The first kappa shape index (κ1) is 26.5. The average Bonchev–Trinajstić information content (AvgIpc) is 3.72. The minimum atomic E-state index is -0.517. The van der Waals surface area contributed by atoms with E-state index in [2.05, 4.69) is 62.4 Å². The number of anilines is 3. The van der Waals surface area contributed by atoms with E-state index >= 15 is 0 Å². The van der Waals surface area contributed by atoms with Gasteiger partial charge in [0.1, 0.15) is 5.69 Å². The van der Waals surface area contributed by atoms with Crippen molar-refractivity contribution in [2.75, 3.05) is 61.5 Å². The number of amides is 2. The van der Waals surface area contributed by atoms with Crippen molar-refractivity contribution in [3.05, 3.63) is 64.1 Å². The van der Waals surface area contributed by atoms with Crippen LogP contribution in [-0.4, -0.2) is 82.6 Å². The summed E-state index contributed by atoms with van der Waals surface area (Å²) >= 11 is 3.41. The number of hydrogen-bond donors (Lipinski definition) is 4. The summed E-state index contributed by atoms with van der Waals surface area (Å²) in [6, 6.07) is 11.7.